The number of nitrogens with one attached hydrogen (secondary N) is 3. The zero-order valence-electron chi connectivity index (χ0n) is 15.2. The Morgan fingerprint density at radius 2 is 1.59 bits per heavy atom. The first-order chi connectivity index (χ1) is 14.0. The summed E-state index contributed by atoms with van der Waals surface area (Å²) in [5, 5.41) is 2.88. The molecular formula is C21H18ClN3O4. The van der Waals surface area contributed by atoms with Gasteiger partial charge in [-0.05, 0) is 29.8 Å². The first kappa shape index (κ1) is 20.2. The van der Waals surface area contributed by atoms with Crippen LogP contribution in [-0.2, 0) is 11.2 Å². The smallest absolute Gasteiger partial charge is 0.287 e. The highest BCUT2D eigenvalue weighted by molar-refractivity contribution is 6.33. The fraction of sp³-hybridized carbons (Fsp3) is 0.0952. The Morgan fingerprint density at radius 1 is 0.862 bits per heavy atom. The second-order valence-corrected chi connectivity index (χ2v) is 6.52. The largest absolute Gasteiger partial charge is 0.459 e. The number of hydrazine groups is 1. The summed E-state index contributed by atoms with van der Waals surface area (Å²) in [6.07, 6.45) is 1.59. The molecule has 0 aliphatic carbocycles. The molecule has 3 rings (SSSR count). The Kier molecular flexibility index (Phi) is 6.65. The van der Waals surface area contributed by atoms with Gasteiger partial charge in [-0.15, -0.1) is 0 Å². The lowest BCUT2D eigenvalue weighted by Gasteiger charge is -2.18. The van der Waals surface area contributed by atoms with Crippen LogP contribution >= 0.6 is 11.6 Å². The number of carbonyl (C=O) groups excluding carboxylic acids is 3. The van der Waals surface area contributed by atoms with Gasteiger partial charge in [0, 0.05) is 6.42 Å². The number of rotatable bonds is 6. The molecule has 3 amide bonds. The molecule has 8 heteroatoms. The highest BCUT2D eigenvalue weighted by Gasteiger charge is 2.23. The maximum atomic E-state index is 12.7. The molecule has 1 heterocycles. The van der Waals surface area contributed by atoms with Crippen molar-refractivity contribution in [2.45, 2.75) is 12.5 Å². The third-order valence-corrected chi connectivity index (χ3v) is 4.40. The lowest BCUT2D eigenvalue weighted by molar-refractivity contribution is -0.123. The van der Waals surface area contributed by atoms with E-state index < -0.39 is 23.8 Å². The van der Waals surface area contributed by atoms with Crippen molar-refractivity contribution >= 4 is 29.3 Å². The molecule has 0 spiro atoms. The van der Waals surface area contributed by atoms with Crippen LogP contribution in [0.25, 0.3) is 0 Å². The van der Waals surface area contributed by atoms with Gasteiger partial charge in [0.05, 0.1) is 16.8 Å². The zero-order chi connectivity index (χ0) is 20.6. The average molecular weight is 412 g/mol. The number of halogens is 1. The number of benzene rings is 2. The molecule has 1 atom stereocenters. The molecule has 0 fully saturated rings. The molecule has 1 aromatic heterocycles. The summed E-state index contributed by atoms with van der Waals surface area (Å²) < 4.78 is 5.07. The van der Waals surface area contributed by atoms with Crippen LogP contribution in [0.15, 0.2) is 77.4 Å². The van der Waals surface area contributed by atoms with Crippen LogP contribution in [0.4, 0.5) is 0 Å². The first-order valence-corrected chi connectivity index (χ1v) is 9.15. The van der Waals surface area contributed by atoms with E-state index in [1.54, 1.807) is 24.3 Å². The number of hydrogen-bond acceptors (Lipinski definition) is 4. The van der Waals surface area contributed by atoms with Crippen LogP contribution in [0.1, 0.15) is 26.5 Å². The maximum Gasteiger partial charge on any atom is 0.287 e. The van der Waals surface area contributed by atoms with Crippen LogP contribution in [0, 0.1) is 0 Å². The molecule has 0 radical (unpaired) electrons. The summed E-state index contributed by atoms with van der Waals surface area (Å²) in [5.74, 6) is -1.62. The molecule has 7 nitrogen and oxygen atoms in total. The van der Waals surface area contributed by atoms with E-state index in [1.165, 1.54) is 18.4 Å². The van der Waals surface area contributed by atoms with Gasteiger partial charge in [-0.1, -0.05) is 54.1 Å². The summed E-state index contributed by atoms with van der Waals surface area (Å²) in [7, 11) is 0. The molecule has 3 aromatic rings. The van der Waals surface area contributed by atoms with E-state index in [0.29, 0.717) is 0 Å². The predicted octanol–water partition coefficient (Wildman–Crippen LogP) is 2.74. The monoisotopic (exact) mass is 411 g/mol. The summed E-state index contributed by atoms with van der Waals surface area (Å²) in [5.41, 5.74) is 5.71. The van der Waals surface area contributed by atoms with Gasteiger partial charge >= 0.3 is 0 Å². The number of hydrogen-bond donors (Lipinski definition) is 3. The van der Waals surface area contributed by atoms with E-state index in [1.807, 2.05) is 30.3 Å². The van der Waals surface area contributed by atoms with Crippen molar-refractivity contribution < 1.29 is 18.8 Å². The summed E-state index contributed by atoms with van der Waals surface area (Å²) in [6, 6.07) is 17.8. The van der Waals surface area contributed by atoms with Crippen LogP contribution in [0.5, 0.6) is 0 Å². The molecular weight excluding hydrogens is 394 g/mol. The average Bonchev–Trinajstić information content (AvgIpc) is 3.27. The normalized spacial score (nSPS) is 11.3. The molecule has 148 valence electrons. The van der Waals surface area contributed by atoms with Crippen molar-refractivity contribution in [3.63, 3.8) is 0 Å². The Labute approximate surface area is 172 Å². The van der Waals surface area contributed by atoms with Crippen molar-refractivity contribution in [3.8, 4) is 0 Å². The third kappa shape index (κ3) is 5.46. The Bertz CT molecular complexity index is 990. The highest BCUT2D eigenvalue weighted by atomic mass is 35.5. The minimum Gasteiger partial charge on any atom is -0.459 e. The summed E-state index contributed by atoms with van der Waals surface area (Å²) in [4.78, 5) is 37.2. The standard InChI is InChI=1S/C21H18ClN3O4/c22-16-10-5-4-9-15(16)19(26)24-25-20(27)17(13-14-7-2-1-3-8-14)23-21(28)18-11-6-12-29-18/h1-12,17H,13H2,(H,23,28)(H,24,26)(H,25,27)/t17-/m0/s1. The van der Waals surface area contributed by atoms with Crippen LogP contribution in [0.2, 0.25) is 5.02 Å². The fourth-order valence-corrected chi connectivity index (χ4v) is 2.84. The minimum absolute atomic E-state index is 0.0796. The Balaban J connectivity index is 1.68. The summed E-state index contributed by atoms with van der Waals surface area (Å²) >= 11 is 5.99. The molecule has 2 aromatic carbocycles. The van der Waals surface area contributed by atoms with E-state index in [0.717, 1.165) is 5.56 Å². The van der Waals surface area contributed by atoms with Gasteiger partial charge in [0.15, 0.2) is 5.76 Å². The molecule has 0 bridgehead atoms. The lowest BCUT2D eigenvalue weighted by atomic mass is 10.1. The second-order valence-electron chi connectivity index (χ2n) is 6.12. The van der Waals surface area contributed by atoms with Gasteiger partial charge in [0.2, 0.25) is 0 Å². The van der Waals surface area contributed by atoms with Crippen molar-refractivity contribution in [1.82, 2.24) is 16.2 Å². The van der Waals surface area contributed by atoms with Crippen molar-refractivity contribution in [3.05, 3.63) is 94.9 Å². The lowest BCUT2D eigenvalue weighted by Crippen LogP contribution is -2.53. The number of furan rings is 1. The summed E-state index contributed by atoms with van der Waals surface area (Å²) in [6.45, 7) is 0. The second kappa shape index (κ2) is 9.57. The minimum atomic E-state index is -0.943. The number of amides is 3. The fourth-order valence-electron chi connectivity index (χ4n) is 2.61. The first-order valence-electron chi connectivity index (χ1n) is 8.77. The van der Waals surface area contributed by atoms with E-state index in [-0.39, 0.29) is 22.8 Å². The molecule has 0 aliphatic rings. The molecule has 0 saturated carbocycles. The van der Waals surface area contributed by atoms with Gasteiger partial charge in [0.1, 0.15) is 6.04 Å². The van der Waals surface area contributed by atoms with E-state index >= 15 is 0 Å². The molecule has 3 N–H and O–H groups in total. The predicted molar refractivity (Wildman–Crippen MR) is 107 cm³/mol. The maximum absolute atomic E-state index is 12.7. The van der Waals surface area contributed by atoms with Crippen LogP contribution in [-0.4, -0.2) is 23.8 Å². The number of carbonyl (C=O) groups is 3. The highest BCUT2D eigenvalue weighted by Crippen LogP contribution is 2.14. The van der Waals surface area contributed by atoms with Gasteiger partial charge in [0.25, 0.3) is 17.7 Å². The van der Waals surface area contributed by atoms with Crippen molar-refractivity contribution in [1.29, 1.82) is 0 Å². The van der Waals surface area contributed by atoms with Crippen LogP contribution in [0.3, 0.4) is 0 Å². The van der Waals surface area contributed by atoms with E-state index in [4.69, 9.17) is 16.0 Å². The van der Waals surface area contributed by atoms with E-state index in [9.17, 15) is 14.4 Å². The van der Waals surface area contributed by atoms with Gasteiger partial charge < -0.3 is 9.73 Å². The molecule has 29 heavy (non-hydrogen) atoms. The topological polar surface area (TPSA) is 100 Å². The SMILES string of the molecule is O=C(N[C@@H](Cc1ccccc1)C(=O)NNC(=O)c1ccccc1Cl)c1ccco1. The quantitative estimate of drug-likeness (QED) is 0.543. The molecule has 0 unspecified atom stereocenters. The zero-order valence-corrected chi connectivity index (χ0v) is 16.0. The van der Waals surface area contributed by atoms with E-state index in [2.05, 4.69) is 16.2 Å². The van der Waals surface area contributed by atoms with Gasteiger partial charge in [-0.2, -0.15) is 0 Å². The van der Waals surface area contributed by atoms with Crippen LogP contribution < -0.4 is 16.2 Å². The Morgan fingerprint density at radius 3 is 2.28 bits per heavy atom. The van der Waals surface area contributed by atoms with Gasteiger partial charge in [-0.25, -0.2) is 0 Å². The molecule has 0 saturated heterocycles. The molecule has 0 aliphatic heterocycles. The third-order valence-electron chi connectivity index (χ3n) is 4.07. The Hall–Kier alpha value is -3.58. The van der Waals surface area contributed by atoms with Gasteiger partial charge in [-0.3, -0.25) is 25.2 Å². The van der Waals surface area contributed by atoms with Crippen molar-refractivity contribution in [2.75, 3.05) is 0 Å². The van der Waals surface area contributed by atoms with Crippen molar-refractivity contribution in [2.24, 2.45) is 0 Å².